The molecule has 2 aromatic rings. The molecule has 1 heterocycles. The monoisotopic (exact) mass is 401 g/mol. The third-order valence-corrected chi connectivity index (χ3v) is 5.88. The molecule has 1 aliphatic rings. The highest BCUT2D eigenvalue weighted by molar-refractivity contribution is 8.00. The molecule has 146 valence electrons. The van der Waals surface area contributed by atoms with Crippen LogP contribution in [0, 0.1) is 19.7 Å². The van der Waals surface area contributed by atoms with E-state index in [1.807, 2.05) is 32.0 Å². The number of nitrogens with one attached hydrogen (secondary N) is 2. The summed E-state index contributed by atoms with van der Waals surface area (Å²) in [6.45, 7) is 5.21. The first-order valence-electron chi connectivity index (χ1n) is 8.59. The van der Waals surface area contributed by atoms with Crippen molar-refractivity contribution in [3.8, 4) is 0 Å². The van der Waals surface area contributed by atoms with Crippen molar-refractivity contribution < 1.29 is 17.6 Å². The molecule has 1 aliphatic heterocycles. The number of aliphatic imine (C=N–C) groups is 1. The second-order valence-electron chi connectivity index (χ2n) is 6.60. The number of hydrogen-bond acceptors (Lipinski definition) is 4. The molecule has 0 spiro atoms. The van der Waals surface area contributed by atoms with Gasteiger partial charge in [0.15, 0.2) is 0 Å². The Hall–Kier alpha value is -3.00. The first kappa shape index (κ1) is 19.8. The summed E-state index contributed by atoms with van der Waals surface area (Å²) < 4.78 is 40.4. The minimum absolute atomic E-state index is 0.0287. The first-order valence-corrected chi connectivity index (χ1v) is 10.1. The van der Waals surface area contributed by atoms with Crippen LogP contribution in [-0.2, 0) is 14.8 Å². The highest BCUT2D eigenvalue weighted by Crippen LogP contribution is 2.29. The van der Waals surface area contributed by atoms with E-state index < -0.39 is 15.8 Å². The van der Waals surface area contributed by atoms with Crippen LogP contribution in [0.4, 0.5) is 10.1 Å². The van der Waals surface area contributed by atoms with Gasteiger partial charge in [-0.1, -0.05) is 29.8 Å². The van der Waals surface area contributed by atoms with Gasteiger partial charge in [-0.2, -0.15) is 0 Å². The van der Waals surface area contributed by atoms with E-state index in [4.69, 9.17) is 0 Å². The number of rotatable bonds is 4. The molecule has 0 fully saturated rings. The van der Waals surface area contributed by atoms with Crippen LogP contribution in [0.5, 0.6) is 0 Å². The van der Waals surface area contributed by atoms with Crippen LogP contribution >= 0.6 is 0 Å². The highest BCUT2D eigenvalue weighted by atomic mass is 32.2. The number of benzene rings is 2. The fraction of sp³-hybridized carbons (Fsp3) is 0.200. The average Bonchev–Trinajstić information content (AvgIpc) is 2.85. The number of nitrogens with zero attached hydrogens (tertiary/aromatic N) is 1. The van der Waals surface area contributed by atoms with E-state index in [2.05, 4.69) is 15.0 Å². The summed E-state index contributed by atoms with van der Waals surface area (Å²) in [4.78, 5) is 16.4. The Labute approximate surface area is 163 Å². The van der Waals surface area contributed by atoms with E-state index in [-0.39, 0.29) is 23.2 Å². The van der Waals surface area contributed by atoms with Gasteiger partial charge < -0.3 is 5.32 Å². The number of aryl methyl sites for hydroxylation is 2. The van der Waals surface area contributed by atoms with Crippen molar-refractivity contribution in [3.05, 3.63) is 70.5 Å². The minimum Gasteiger partial charge on any atom is -0.324 e. The molecule has 28 heavy (non-hydrogen) atoms. The lowest BCUT2D eigenvalue weighted by Crippen LogP contribution is -2.25. The van der Waals surface area contributed by atoms with Crippen LogP contribution in [0.15, 0.2) is 53.0 Å². The number of amidine groups is 1. The predicted molar refractivity (Wildman–Crippen MR) is 108 cm³/mol. The second kappa shape index (κ2) is 7.55. The van der Waals surface area contributed by atoms with E-state index in [9.17, 15) is 17.6 Å². The van der Waals surface area contributed by atoms with Gasteiger partial charge in [0.1, 0.15) is 23.1 Å². The van der Waals surface area contributed by atoms with Crippen molar-refractivity contribution in [1.82, 2.24) is 4.72 Å². The fourth-order valence-corrected chi connectivity index (χ4v) is 4.50. The number of hydrogen-bond donors (Lipinski definition) is 2. The average molecular weight is 401 g/mol. The Balaban J connectivity index is 1.80. The lowest BCUT2D eigenvalue weighted by atomic mass is 10.1. The van der Waals surface area contributed by atoms with Crippen LogP contribution in [0.2, 0.25) is 0 Å². The minimum atomic E-state index is -3.82. The fourth-order valence-electron chi connectivity index (χ4n) is 2.98. The van der Waals surface area contributed by atoms with Crippen LogP contribution in [0.3, 0.4) is 0 Å². The van der Waals surface area contributed by atoms with E-state index >= 15 is 0 Å². The van der Waals surface area contributed by atoms with E-state index in [0.29, 0.717) is 16.8 Å². The molecule has 0 radical (unpaired) electrons. The third kappa shape index (κ3) is 4.12. The second-order valence-corrected chi connectivity index (χ2v) is 8.22. The van der Waals surface area contributed by atoms with Crippen LogP contribution < -0.4 is 10.0 Å². The number of amides is 1. The zero-order chi connectivity index (χ0) is 20.5. The zero-order valence-electron chi connectivity index (χ0n) is 15.7. The maximum absolute atomic E-state index is 13.1. The standard InChI is InChI=1S/C20H20FN3O3S/c1-12-4-9-17(13(2)10-12)23-18(25)11-22-20-14(3)19(28(26,27)24-20)15-5-7-16(21)8-6-15/h4-10H,11H2,1-3H3,(H,22,24)(H,23,25). The smallest absolute Gasteiger partial charge is 0.264 e. The number of carbonyl (C=O) groups is 1. The lowest BCUT2D eigenvalue weighted by molar-refractivity contribution is -0.114. The van der Waals surface area contributed by atoms with Gasteiger partial charge in [0.2, 0.25) is 5.91 Å². The molecule has 0 atom stereocenters. The van der Waals surface area contributed by atoms with Crippen LogP contribution in [0.25, 0.3) is 4.91 Å². The Morgan fingerprint density at radius 2 is 1.79 bits per heavy atom. The largest absolute Gasteiger partial charge is 0.324 e. The molecule has 0 saturated heterocycles. The molecule has 0 aliphatic carbocycles. The van der Waals surface area contributed by atoms with Gasteiger partial charge in [-0.15, -0.1) is 0 Å². The van der Waals surface area contributed by atoms with E-state index in [0.717, 1.165) is 11.1 Å². The summed E-state index contributed by atoms with van der Waals surface area (Å²) in [5.74, 6) is -0.709. The maximum atomic E-state index is 13.1. The van der Waals surface area contributed by atoms with Gasteiger partial charge in [0.05, 0.1) is 0 Å². The Bertz CT molecular complexity index is 1100. The topological polar surface area (TPSA) is 87.6 Å². The summed E-state index contributed by atoms with van der Waals surface area (Å²) in [5.41, 5.74) is 3.44. The number of sulfonamides is 1. The van der Waals surface area contributed by atoms with Gasteiger partial charge in [-0.25, -0.2) is 12.8 Å². The molecule has 1 amide bonds. The zero-order valence-corrected chi connectivity index (χ0v) is 16.5. The normalized spacial score (nSPS) is 16.9. The summed E-state index contributed by atoms with van der Waals surface area (Å²) in [5, 5.41) is 2.77. The molecular formula is C20H20FN3O3S. The molecule has 0 unspecified atom stereocenters. The molecule has 6 nitrogen and oxygen atoms in total. The van der Waals surface area contributed by atoms with Crippen molar-refractivity contribution in [2.24, 2.45) is 4.99 Å². The summed E-state index contributed by atoms with van der Waals surface area (Å²) in [7, 11) is -3.82. The SMILES string of the molecule is CC1=C(c2ccc(F)cc2)S(=O)(=O)NC1=NCC(=O)Nc1ccc(C)cc1C. The molecule has 2 N–H and O–H groups in total. The van der Waals surface area contributed by atoms with Gasteiger partial charge in [-0.05, 0) is 50.1 Å². The van der Waals surface area contributed by atoms with Gasteiger partial charge >= 0.3 is 0 Å². The predicted octanol–water partition coefficient (Wildman–Crippen LogP) is 3.14. The molecule has 0 saturated carbocycles. The Morgan fingerprint density at radius 3 is 2.43 bits per heavy atom. The quantitative estimate of drug-likeness (QED) is 0.825. The molecule has 8 heteroatoms. The first-order chi connectivity index (χ1) is 13.2. The highest BCUT2D eigenvalue weighted by Gasteiger charge is 2.32. The summed E-state index contributed by atoms with van der Waals surface area (Å²) >= 11 is 0. The van der Waals surface area contributed by atoms with Gasteiger partial charge in [0.25, 0.3) is 10.0 Å². The van der Waals surface area contributed by atoms with Crippen molar-refractivity contribution in [3.63, 3.8) is 0 Å². The van der Waals surface area contributed by atoms with E-state index in [1.54, 1.807) is 6.92 Å². The molecule has 0 aromatic heterocycles. The van der Waals surface area contributed by atoms with Crippen molar-refractivity contribution in [1.29, 1.82) is 0 Å². The lowest BCUT2D eigenvalue weighted by Gasteiger charge is -2.08. The Kier molecular flexibility index (Phi) is 5.33. The van der Waals surface area contributed by atoms with Crippen LogP contribution in [-0.4, -0.2) is 26.7 Å². The van der Waals surface area contributed by atoms with Crippen molar-refractivity contribution in [2.45, 2.75) is 20.8 Å². The van der Waals surface area contributed by atoms with Gasteiger partial charge in [-0.3, -0.25) is 14.5 Å². The summed E-state index contributed by atoms with van der Waals surface area (Å²) in [6.07, 6.45) is 0. The van der Waals surface area contributed by atoms with Gasteiger partial charge in [0, 0.05) is 11.3 Å². The molecule has 2 aromatic carbocycles. The summed E-state index contributed by atoms with van der Waals surface area (Å²) in [6, 6.07) is 10.8. The van der Waals surface area contributed by atoms with E-state index in [1.165, 1.54) is 24.3 Å². The maximum Gasteiger partial charge on any atom is 0.264 e. The number of carbonyl (C=O) groups excluding carboxylic acids is 1. The van der Waals surface area contributed by atoms with Crippen molar-refractivity contribution in [2.75, 3.05) is 11.9 Å². The van der Waals surface area contributed by atoms with Crippen molar-refractivity contribution >= 4 is 32.4 Å². The van der Waals surface area contributed by atoms with Crippen LogP contribution in [0.1, 0.15) is 23.6 Å². The molecule has 3 rings (SSSR count). The Morgan fingerprint density at radius 1 is 1.11 bits per heavy atom. The number of anilines is 1. The molecular weight excluding hydrogens is 381 g/mol. The number of halogens is 1. The molecule has 0 bridgehead atoms. The third-order valence-electron chi connectivity index (χ3n) is 4.34.